The summed E-state index contributed by atoms with van der Waals surface area (Å²) in [6, 6.07) is 5.40. The summed E-state index contributed by atoms with van der Waals surface area (Å²) < 4.78 is 5.48. The number of carbonyl (C=O) groups is 1. The van der Waals surface area contributed by atoms with Crippen molar-refractivity contribution in [3.8, 4) is 5.75 Å². The highest BCUT2D eigenvalue weighted by molar-refractivity contribution is 6.42. The SMILES string of the molecule is O=C(NCC(O)COc1cccc(Cl)c1Cl)C1CC2CCCCC2N1. The highest BCUT2D eigenvalue weighted by Crippen LogP contribution is 2.33. The summed E-state index contributed by atoms with van der Waals surface area (Å²) >= 11 is 12.0. The molecule has 25 heavy (non-hydrogen) atoms. The number of hydrogen-bond acceptors (Lipinski definition) is 4. The van der Waals surface area contributed by atoms with Crippen molar-refractivity contribution < 1.29 is 14.6 Å². The molecule has 7 heteroatoms. The van der Waals surface area contributed by atoms with Crippen molar-refractivity contribution in [1.29, 1.82) is 0 Å². The van der Waals surface area contributed by atoms with Crippen molar-refractivity contribution >= 4 is 29.1 Å². The van der Waals surface area contributed by atoms with Crippen LogP contribution in [0.5, 0.6) is 5.75 Å². The van der Waals surface area contributed by atoms with E-state index in [1.807, 2.05) is 0 Å². The fraction of sp³-hybridized carbons (Fsp3) is 0.611. The van der Waals surface area contributed by atoms with Gasteiger partial charge in [-0.05, 0) is 37.3 Å². The molecule has 4 atom stereocenters. The molecule has 1 aliphatic carbocycles. The summed E-state index contributed by atoms with van der Waals surface area (Å²) in [6.45, 7) is 0.175. The molecule has 2 fully saturated rings. The number of amides is 1. The predicted molar refractivity (Wildman–Crippen MR) is 98.3 cm³/mol. The van der Waals surface area contributed by atoms with Crippen LogP contribution >= 0.6 is 23.2 Å². The third kappa shape index (κ3) is 4.79. The summed E-state index contributed by atoms with van der Waals surface area (Å²) in [5.74, 6) is 0.984. The molecule has 1 saturated carbocycles. The van der Waals surface area contributed by atoms with Crippen LogP contribution in [0.1, 0.15) is 32.1 Å². The number of ether oxygens (including phenoxy) is 1. The molecule has 4 unspecified atom stereocenters. The van der Waals surface area contributed by atoms with Crippen LogP contribution in [0.3, 0.4) is 0 Å². The highest BCUT2D eigenvalue weighted by atomic mass is 35.5. The zero-order chi connectivity index (χ0) is 17.8. The molecule has 1 heterocycles. The van der Waals surface area contributed by atoms with Crippen LogP contribution in [0.4, 0.5) is 0 Å². The van der Waals surface area contributed by atoms with Crippen molar-refractivity contribution in [2.24, 2.45) is 5.92 Å². The van der Waals surface area contributed by atoms with Gasteiger partial charge in [-0.1, -0.05) is 42.1 Å². The minimum absolute atomic E-state index is 0.0314. The first kappa shape index (κ1) is 18.8. The topological polar surface area (TPSA) is 70.6 Å². The minimum Gasteiger partial charge on any atom is -0.489 e. The second-order valence-electron chi connectivity index (χ2n) is 6.87. The summed E-state index contributed by atoms with van der Waals surface area (Å²) in [5.41, 5.74) is 0. The third-order valence-electron chi connectivity index (χ3n) is 5.04. The summed E-state index contributed by atoms with van der Waals surface area (Å²) in [7, 11) is 0. The van der Waals surface area contributed by atoms with Crippen molar-refractivity contribution in [3.05, 3.63) is 28.2 Å². The van der Waals surface area contributed by atoms with E-state index in [9.17, 15) is 9.90 Å². The molecule has 1 aliphatic heterocycles. The molecule has 2 aliphatic rings. The van der Waals surface area contributed by atoms with Crippen molar-refractivity contribution in [2.75, 3.05) is 13.2 Å². The summed E-state index contributed by atoms with van der Waals surface area (Å²) in [5, 5.41) is 17.0. The van der Waals surface area contributed by atoms with Gasteiger partial charge in [0.15, 0.2) is 0 Å². The molecule has 1 saturated heterocycles. The maximum atomic E-state index is 12.3. The highest BCUT2D eigenvalue weighted by Gasteiger charge is 2.38. The summed E-state index contributed by atoms with van der Waals surface area (Å²) in [6.07, 6.45) is 4.94. The van der Waals surface area contributed by atoms with Crippen LogP contribution in [-0.4, -0.2) is 42.4 Å². The zero-order valence-electron chi connectivity index (χ0n) is 14.0. The molecule has 1 amide bonds. The number of aliphatic hydroxyl groups excluding tert-OH is 1. The molecule has 3 N–H and O–H groups in total. The molecule has 1 aromatic rings. The van der Waals surface area contributed by atoms with Gasteiger partial charge in [0.2, 0.25) is 5.91 Å². The number of carbonyl (C=O) groups excluding carboxylic acids is 1. The number of aliphatic hydroxyl groups is 1. The Balaban J connectivity index is 1.40. The molecule has 0 aromatic heterocycles. The van der Waals surface area contributed by atoms with Crippen molar-refractivity contribution in [1.82, 2.24) is 10.6 Å². The van der Waals surface area contributed by atoms with E-state index < -0.39 is 6.10 Å². The van der Waals surface area contributed by atoms with Gasteiger partial charge in [0.05, 0.1) is 11.1 Å². The van der Waals surface area contributed by atoms with Crippen molar-refractivity contribution in [3.63, 3.8) is 0 Å². The van der Waals surface area contributed by atoms with E-state index >= 15 is 0 Å². The van der Waals surface area contributed by atoms with Gasteiger partial charge in [0.1, 0.15) is 23.5 Å². The average Bonchev–Trinajstić information content (AvgIpc) is 3.05. The first-order valence-electron chi connectivity index (χ1n) is 8.83. The number of rotatable bonds is 6. The molecule has 138 valence electrons. The fourth-order valence-corrected chi connectivity index (χ4v) is 4.05. The Labute approximate surface area is 158 Å². The van der Waals surface area contributed by atoms with Crippen LogP contribution in [-0.2, 0) is 4.79 Å². The Morgan fingerprint density at radius 1 is 1.36 bits per heavy atom. The zero-order valence-corrected chi connectivity index (χ0v) is 15.5. The number of benzene rings is 1. The second kappa shape index (κ2) is 8.58. The minimum atomic E-state index is -0.817. The Kier molecular flexibility index (Phi) is 6.44. The van der Waals surface area contributed by atoms with E-state index in [2.05, 4.69) is 10.6 Å². The number of hydrogen-bond donors (Lipinski definition) is 3. The Bertz CT molecular complexity index is 600. The van der Waals surface area contributed by atoms with Gasteiger partial charge in [-0.2, -0.15) is 0 Å². The molecule has 0 spiro atoms. The van der Waals surface area contributed by atoms with Crippen LogP contribution in [0, 0.1) is 5.92 Å². The molecular formula is C18H24Cl2N2O3. The lowest BCUT2D eigenvalue weighted by atomic mass is 9.85. The van der Waals surface area contributed by atoms with Crippen LogP contribution in [0.25, 0.3) is 0 Å². The molecule has 3 rings (SSSR count). The Morgan fingerprint density at radius 2 is 2.16 bits per heavy atom. The van der Waals surface area contributed by atoms with Crippen LogP contribution < -0.4 is 15.4 Å². The lowest BCUT2D eigenvalue weighted by Crippen LogP contribution is -2.45. The van der Waals surface area contributed by atoms with E-state index in [1.54, 1.807) is 18.2 Å². The van der Waals surface area contributed by atoms with Gasteiger partial charge in [-0.15, -0.1) is 0 Å². The maximum Gasteiger partial charge on any atom is 0.237 e. The lowest BCUT2D eigenvalue weighted by molar-refractivity contribution is -0.123. The van der Waals surface area contributed by atoms with Gasteiger partial charge in [0, 0.05) is 12.6 Å². The van der Waals surface area contributed by atoms with E-state index in [0.29, 0.717) is 27.8 Å². The average molecular weight is 387 g/mol. The maximum absolute atomic E-state index is 12.3. The number of halogens is 2. The van der Waals surface area contributed by atoms with Crippen molar-refractivity contribution in [2.45, 2.75) is 50.3 Å². The largest absolute Gasteiger partial charge is 0.489 e. The van der Waals surface area contributed by atoms with E-state index in [-0.39, 0.29) is 25.1 Å². The molecule has 0 bridgehead atoms. The van der Waals surface area contributed by atoms with Gasteiger partial charge >= 0.3 is 0 Å². The molecule has 0 radical (unpaired) electrons. The summed E-state index contributed by atoms with van der Waals surface area (Å²) in [4.78, 5) is 12.3. The molecular weight excluding hydrogens is 363 g/mol. The number of fused-ring (bicyclic) bond motifs is 1. The Morgan fingerprint density at radius 3 is 2.96 bits per heavy atom. The standard InChI is InChI=1S/C18H24Cl2N2O3/c19-13-5-3-7-16(17(13)20)25-10-12(23)9-21-18(24)15-8-11-4-1-2-6-14(11)22-15/h3,5,7,11-12,14-15,22-23H,1-2,4,6,8-10H2,(H,21,24). The van der Waals surface area contributed by atoms with Crippen LogP contribution in [0.2, 0.25) is 10.0 Å². The number of nitrogens with one attached hydrogen (secondary N) is 2. The first-order chi connectivity index (χ1) is 12.0. The smallest absolute Gasteiger partial charge is 0.237 e. The third-order valence-corrected chi connectivity index (χ3v) is 5.84. The van der Waals surface area contributed by atoms with Gasteiger partial charge in [0.25, 0.3) is 0 Å². The van der Waals surface area contributed by atoms with E-state index in [1.165, 1.54) is 19.3 Å². The lowest BCUT2D eigenvalue weighted by Gasteiger charge is -2.24. The normalized spacial score (nSPS) is 26.8. The van der Waals surface area contributed by atoms with E-state index in [0.717, 1.165) is 12.8 Å². The molecule has 5 nitrogen and oxygen atoms in total. The monoisotopic (exact) mass is 386 g/mol. The van der Waals surface area contributed by atoms with Gasteiger partial charge in [-0.25, -0.2) is 0 Å². The first-order valence-corrected chi connectivity index (χ1v) is 9.59. The quantitative estimate of drug-likeness (QED) is 0.702. The van der Waals surface area contributed by atoms with Crippen LogP contribution in [0.15, 0.2) is 18.2 Å². The predicted octanol–water partition coefficient (Wildman–Crippen LogP) is 2.77. The fourth-order valence-electron chi connectivity index (χ4n) is 3.70. The Hall–Kier alpha value is -1.01. The second-order valence-corrected chi connectivity index (χ2v) is 7.65. The van der Waals surface area contributed by atoms with Gasteiger partial charge in [-0.3, -0.25) is 4.79 Å². The molecule has 1 aromatic carbocycles. The van der Waals surface area contributed by atoms with E-state index in [4.69, 9.17) is 27.9 Å². The van der Waals surface area contributed by atoms with Gasteiger partial charge < -0.3 is 20.5 Å².